The van der Waals surface area contributed by atoms with Gasteiger partial charge in [0, 0.05) is 0 Å². The summed E-state index contributed by atoms with van der Waals surface area (Å²) in [7, 11) is 0. The third-order valence-electron chi connectivity index (χ3n) is 1.48. The minimum absolute atomic E-state index is 0.149. The van der Waals surface area contributed by atoms with Gasteiger partial charge in [0.05, 0.1) is 28.2 Å². The molecule has 2 N–H and O–H groups in total. The van der Waals surface area contributed by atoms with E-state index in [1.807, 2.05) is 6.07 Å². The molecule has 0 amide bonds. The van der Waals surface area contributed by atoms with E-state index in [1.165, 1.54) is 6.07 Å². The van der Waals surface area contributed by atoms with E-state index in [1.54, 1.807) is 12.1 Å². The highest BCUT2D eigenvalue weighted by Gasteiger charge is 2.00. The summed E-state index contributed by atoms with van der Waals surface area (Å²) >= 11 is 11.3. The molecule has 0 saturated carbocycles. The predicted octanol–water partition coefficient (Wildman–Crippen LogP) is 2.44. The smallest absolute Gasteiger partial charge is 0.115 e. The van der Waals surface area contributed by atoms with Crippen LogP contribution in [0.1, 0.15) is 5.56 Å². The molecular formula is C9H7Cl2N3. The summed E-state index contributed by atoms with van der Waals surface area (Å²) in [5, 5.41) is 8.98. The Kier molecular flexibility index (Phi) is 3.75. The number of alkyl halides is 1. The lowest BCUT2D eigenvalue weighted by molar-refractivity contribution is 1.43. The van der Waals surface area contributed by atoms with Crippen LogP contribution in [0, 0.1) is 11.3 Å². The number of hydrogen-bond donors (Lipinski definition) is 1. The van der Waals surface area contributed by atoms with Crippen LogP contribution in [0.4, 0.5) is 5.69 Å². The van der Waals surface area contributed by atoms with Gasteiger partial charge in [-0.05, 0) is 18.2 Å². The molecule has 1 rings (SSSR count). The summed E-state index contributed by atoms with van der Waals surface area (Å²) in [5.74, 6) is 0.439. The van der Waals surface area contributed by atoms with Gasteiger partial charge in [0.15, 0.2) is 0 Å². The fourth-order valence-corrected chi connectivity index (χ4v) is 1.13. The first-order valence-corrected chi connectivity index (χ1v) is 4.67. The number of nitrogens with zero attached hydrogens (tertiary/aromatic N) is 2. The number of rotatable bonds is 2. The molecule has 0 aliphatic rings. The lowest BCUT2D eigenvalue weighted by Gasteiger charge is -1.99. The van der Waals surface area contributed by atoms with Crippen LogP contribution >= 0.6 is 23.2 Å². The van der Waals surface area contributed by atoms with Crippen molar-refractivity contribution in [2.75, 3.05) is 5.88 Å². The lowest BCUT2D eigenvalue weighted by atomic mass is 10.2. The zero-order chi connectivity index (χ0) is 10.6. The highest BCUT2D eigenvalue weighted by molar-refractivity contribution is 6.33. The van der Waals surface area contributed by atoms with E-state index in [-0.39, 0.29) is 5.88 Å². The first-order valence-electron chi connectivity index (χ1n) is 3.76. The molecule has 0 fully saturated rings. The highest BCUT2D eigenvalue weighted by atomic mass is 35.5. The number of amidine groups is 1. The summed E-state index contributed by atoms with van der Waals surface area (Å²) in [6.45, 7) is 0. The summed E-state index contributed by atoms with van der Waals surface area (Å²) in [6, 6.07) is 6.74. The van der Waals surface area contributed by atoms with Crippen molar-refractivity contribution in [3.8, 4) is 6.07 Å². The van der Waals surface area contributed by atoms with Crippen LogP contribution in [0.3, 0.4) is 0 Å². The number of halogens is 2. The minimum Gasteiger partial charge on any atom is -0.386 e. The molecule has 1 aromatic carbocycles. The maximum atomic E-state index is 8.59. The van der Waals surface area contributed by atoms with Crippen LogP contribution in [0.5, 0.6) is 0 Å². The van der Waals surface area contributed by atoms with E-state index < -0.39 is 0 Å². The zero-order valence-corrected chi connectivity index (χ0v) is 8.68. The molecule has 0 saturated heterocycles. The maximum Gasteiger partial charge on any atom is 0.115 e. The molecule has 0 bridgehead atoms. The molecule has 0 unspecified atom stereocenters. The molecule has 72 valence electrons. The normalized spacial score (nSPS) is 11.1. The second-order valence-corrected chi connectivity index (χ2v) is 3.19. The standard InChI is InChI=1S/C9H7Cl2N3/c10-4-9(13)14-8-2-1-6(5-12)3-7(8)11/h1-3H,4H2,(H2,13,14). The highest BCUT2D eigenvalue weighted by Crippen LogP contribution is 2.25. The lowest BCUT2D eigenvalue weighted by Crippen LogP contribution is -2.12. The van der Waals surface area contributed by atoms with Gasteiger partial charge in [-0.15, -0.1) is 11.6 Å². The largest absolute Gasteiger partial charge is 0.386 e. The van der Waals surface area contributed by atoms with E-state index in [4.69, 9.17) is 34.2 Å². The van der Waals surface area contributed by atoms with E-state index in [0.717, 1.165) is 0 Å². The third kappa shape index (κ3) is 2.63. The molecule has 0 aliphatic heterocycles. The summed E-state index contributed by atoms with van der Waals surface area (Å²) in [6.07, 6.45) is 0. The van der Waals surface area contributed by atoms with Gasteiger partial charge in [-0.25, -0.2) is 4.99 Å². The molecule has 14 heavy (non-hydrogen) atoms. The summed E-state index contributed by atoms with van der Waals surface area (Å²) in [4.78, 5) is 3.97. The van der Waals surface area contributed by atoms with Crippen molar-refractivity contribution in [1.29, 1.82) is 5.26 Å². The Balaban J connectivity index is 3.08. The molecule has 1 aromatic rings. The van der Waals surface area contributed by atoms with Crippen molar-refractivity contribution in [2.45, 2.75) is 0 Å². The molecule has 0 aromatic heterocycles. The topological polar surface area (TPSA) is 62.2 Å². The number of nitrogens with two attached hydrogens (primary N) is 1. The van der Waals surface area contributed by atoms with E-state index in [0.29, 0.717) is 22.1 Å². The van der Waals surface area contributed by atoms with E-state index >= 15 is 0 Å². The molecule has 0 spiro atoms. The molecule has 0 aliphatic carbocycles. The van der Waals surface area contributed by atoms with Crippen molar-refractivity contribution < 1.29 is 0 Å². The molecule has 0 radical (unpaired) electrons. The first kappa shape index (κ1) is 10.8. The molecule has 0 atom stereocenters. The monoisotopic (exact) mass is 227 g/mol. The second-order valence-electron chi connectivity index (χ2n) is 2.51. The SMILES string of the molecule is N#Cc1ccc(N=C(N)CCl)c(Cl)c1. The van der Waals surface area contributed by atoms with Crippen LogP contribution in [0.25, 0.3) is 0 Å². The van der Waals surface area contributed by atoms with E-state index in [2.05, 4.69) is 4.99 Å². The van der Waals surface area contributed by atoms with Crippen LogP contribution in [0.15, 0.2) is 23.2 Å². The van der Waals surface area contributed by atoms with Crippen LogP contribution in [-0.2, 0) is 0 Å². The summed E-state index contributed by atoms with van der Waals surface area (Å²) in [5.41, 5.74) is 6.44. The average Bonchev–Trinajstić information content (AvgIpc) is 2.20. The number of hydrogen-bond acceptors (Lipinski definition) is 2. The van der Waals surface area contributed by atoms with Crippen LogP contribution < -0.4 is 5.73 Å². The quantitative estimate of drug-likeness (QED) is 0.480. The van der Waals surface area contributed by atoms with Gasteiger partial charge in [0.25, 0.3) is 0 Å². The van der Waals surface area contributed by atoms with Crippen molar-refractivity contribution >= 4 is 34.7 Å². The Labute approximate surface area is 91.8 Å². The number of aliphatic imine (C=N–C) groups is 1. The fraction of sp³-hybridized carbons (Fsp3) is 0.111. The van der Waals surface area contributed by atoms with Gasteiger partial charge < -0.3 is 5.73 Å². The third-order valence-corrected chi connectivity index (χ3v) is 2.05. The molecule has 0 heterocycles. The van der Waals surface area contributed by atoms with Gasteiger partial charge >= 0.3 is 0 Å². The van der Waals surface area contributed by atoms with Crippen molar-refractivity contribution in [2.24, 2.45) is 10.7 Å². The summed E-state index contributed by atoms with van der Waals surface area (Å²) < 4.78 is 0. The first-order chi connectivity index (χ1) is 6.67. The van der Waals surface area contributed by atoms with Crippen LogP contribution in [0.2, 0.25) is 5.02 Å². The fourth-order valence-electron chi connectivity index (χ4n) is 0.852. The zero-order valence-electron chi connectivity index (χ0n) is 7.17. The van der Waals surface area contributed by atoms with Crippen LogP contribution in [-0.4, -0.2) is 11.7 Å². The Morgan fingerprint density at radius 2 is 2.29 bits per heavy atom. The van der Waals surface area contributed by atoms with Crippen molar-refractivity contribution in [1.82, 2.24) is 0 Å². The maximum absolute atomic E-state index is 8.59. The molecule has 3 nitrogen and oxygen atoms in total. The Hall–Kier alpha value is -1.24. The van der Waals surface area contributed by atoms with E-state index in [9.17, 15) is 0 Å². The Morgan fingerprint density at radius 3 is 2.79 bits per heavy atom. The average molecular weight is 228 g/mol. The van der Waals surface area contributed by atoms with Crippen molar-refractivity contribution in [3.05, 3.63) is 28.8 Å². The molecule has 5 heteroatoms. The number of benzene rings is 1. The predicted molar refractivity (Wildman–Crippen MR) is 58.2 cm³/mol. The van der Waals surface area contributed by atoms with Gasteiger partial charge in [0.2, 0.25) is 0 Å². The Morgan fingerprint density at radius 1 is 1.57 bits per heavy atom. The van der Waals surface area contributed by atoms with Gasteiger partial charge in [-0.2, -0.15) is 5.26 Å². The Bertz CT molecular complexity index is 407. The van der Waals surface area contributed by atoms with Crippen molar-refractivity contribution in [3.63, 3.8) is 0 Å². The minimum atomic E-state index is 0.149. The molecular weight excluding hydrogens is 221 g/mol. The second kappa shape index (κ2) is 4.85. The van der Waals surface area contributed by atoms with Gasteiger partial charge in [0.1, 0.15) is 5.84 Å². The number of nitriles is 1. The van der Waals surface area contributed by atoms with Gasteiger partial charge in [-0.3, -0.25) is 0 Å². The van der Waals surface area contributed by atoms with Gasteiger partial charge in [-0.1, -0.05) is 11.6 Å².